The Morgan fingerprint density at radius 1 is 1.25 bits per heavy atom. The molecule has 28 heavy (non-hydrogen) atoms. The molecule has 3 rings (SSSR count). The van der Waals surface area contributed by atoms with Crippen LogP contribution in [0.5, 0.6) is 0 Å². The van der Waals surface area contributed by atoms with Gasteiger partial charge >= 0.3 is 0 Å². The molecule has 0 radical (unpaired) electrons. The number of nitrogens with zero attached hydrogens (tertiary/aromatic N) is 2. The Morgan fingerprint density at radius 2 is 1.96 bits per heavy atom. The first-order chi connectivity index (χ1) is 13.5. The van der Waals surface area contributed by atoms with E-state index in [0.717, 1.165) is 31.7 Å². The summed E-state index contributed by atoms with van der Waals surface area (Å²) in [6.07, 6.45) is 6.74. The molecular formula is C21H26N3O2S2+. The van der Waals surface area contributed by atoms with E-state index in [9.17, 15) is 9.59 Å². The third-order valence-electron chi connectivity index (χ3n) is 4.95. The highest BCUT2D eigenvalue weighted by Crippen LogP contribution is 2.31. The van der Waals surface area contributed by atoms with Gasteiger partial charge in [0.05, 0.1) is 38.1 Å². The minimum atomic E-state index is -0.0663. The maximum atomic E-state index is 12.6. The molecule has 5 nitrogen and oxygen atoms in total. The van der Waals surface area contributed by atoms with Crippen LogP contribution in [-0.2, 0) is 9.59 Å². The molecule has 0 saturated carbocycles. The quantitative estimate of drug-likeness (QED) is 0.565. The van der Waals surface area contributed by atoms with Crippen LogP contribution in [0.2, 0.25) is 0 Å². The van der Waals surface area contributed by atoms with Gasteiger partial charge in [-0.25, -0.2) is 0 Å². The molecule has 0 aromatic heterocycles. The lowest BCUT2D eigenvalue weighted by molar-refractivity contribution is -0.883. The molecule has 2 fully saturated rings. The Hall–Kier alpha value is -1.96. The summed E-state index contributed by atoms with van der Waals surface area (Å²) in [4.78, 5) is 30.6. The lowest BCUT2D eigenvalue weighted by Crippen LogP contribution is -3.12. The van der Waals surface area contributed by atoms with Crippen LogP contribution in [0.4, 0.5) is 0 Å². The number of quaternary nitrogens is 1. The maximum Gasteiger partial charge on any atom is 0.266 e. The summed E-state index contributed by atoms with van der Waals surface area (Å²) in [5, 5.41) is 0. The molecule has 1 aromatic carbocycles. The van der Waals surface area contributed by atoms with E-state index < -0.39 is 0 Å². The second-order valence-electron chi connectivity index (χ2n) is 7.07. The Bertz CT molecular complexity index is 784. The van der Waals surface area contributed by atoms with Gasteiger partial charge in [-0.15, -0.1) is 0 Å². The minimum Gasteiger partial charge on any atom is -0.334 e. The number of piperazine rings is 1. The number of rotatable bonds is 6. The first-order valence-electron chi connectivity index (χ1n) is 9.61. The molecule has 2 aliphatic rings. The molecule has 2 saturated heterocycles. The number of hydrogen-bond acceptors (Lipinski definition) is 4. The Kier molecular flexibility index (Phi) is 7.42. The monoisotopic (exact) mass is 416 g/mol. The number of carbonyl (C=O) groups is 2. The maximum absolute atomic E-state index is 12.6. The lowest BCUT2D eigenvalue weighted by Gasteiger charge is -2.30. The molecule has 7 heteroatoms. The van der Waals surface area contributed by atoms with Gasteiger partial charge in [0.2, 0.25) is 5.91 Å². The molecule has 1 N–H and O–H groups in total. The van der Waals surface area contributed by atoms with Crippen molar-refractivity contribution in [2.75, 3.05) is 39.8 Å². The van der Waals surface area contributed by atoms with Crippen molar-refractivity contribution in [2.24, 2.45) is 0 Å². The van der Waals surface area contributed by atoms with Gasteiger partial charge < -0.3 is 9.80 Å². The minimum absolute atomic E-state index is 0.0663. The van der Waals surface area contributed by atoms with Crippen molar-refractivity contribution in [3.8, 4) is 0 Å². The highest BCUT2D eigenvalue weighted by Gasteiger charge is 2.31. The molecule has 0 bridgehead atoms. The molecule has 0 unspecified atom stereocenters. The van der Waals surface area contributed by atoms with Crippen molar-refractivity contribution in [3.05, 3.63) is 53.0 Å². The SMILES string of the molecule is C[NH+]1CCN(C(=O)CCCN2C(=O)/C(=C/C=C/c3ccccc3)SC2=S)CC1. The molecule has 0 atom stereocenters. The molecule has 2 amide bonds. The Balaban J connectivity index is 1.48. The number of amides is 2. The number of thioether (sulfide) groups is 1. The van der Waals surface area contributed by atoms with Gasteiger partial charge in [0.15, 0.2) is 0 Å². The number of nitrogens with one attached hydrogen (secondary N) is 1. The van der Waals surface area contributed by atoms with Crippen LogP contribution in [0.1, 0.15) is 18.4 Å². The Labute approximate surface area is 176 Å². The number of thiocarbonyl (C=S) groups is 1. The summed E-state index contributed by atoms with van der Waals surface area (Å²) in [6, 6.07) is 9.94. The zero-order valence-corrected chi connectivity index (χ0v) is 17.7. The van der Waals surface area contributed by atoms with E-state index in [0.29, 0.717) is 28.6 Å². The predicted molar refractivity (Wildman–Crippen MR) is 118 cm³/mol. The first kappa shape index (κ1) is 20.8. The third-order valence-corrected chi connectivity index (χ3v) is 6.35. The van der Waals surface area contributed by atoms with Crippen molar-refractivity contribution in [2.45, 2.75) is 12.8 Å². The molecular weight excluding hydrogens is 390 g/mol. The third kappa shape index (κ3) is 5.53. The van der Waals surface area contributed by atoms with E-state index >= 15 is 0 Å². The van der Waals surface area contributed by atoms with Gasteiger partial charge in [0.1, 0.15) is 4.32 Å². The molecule has 0 spiro atoms. The van der Waals surface area contributed by atoms with Gasteiger partial charge in [0.25, 0.3) is 5.91 Å². The zero-order chi connectivity index (χ0) is 19.9. The summed E-state index contributed by atoms with van der Waals surface area (Å²) in [5.41, 5.74) is 1.08. The average molecular weight is 417 g/mol. The number of allylic oxidation sites excluding steroid dienone is 2. The van der Waals surface area contributed by atoms with Crippen LogP contribution >= 0.6 is 24.0 Å². The number of likely N-dealkylation sites (N-methyl/N-ethyl adjacent to an activating group) is 1. The largest absolute Gasteiger partial charge is 0.334 e. The fraction of sp³-hybridized carbons (Fsp3) is 0.381. The highest BCUT2D eigenvalue weighted by molar-refractivity contribution is 8.26. The van der Waals surface area contributed by atoms with Crippen LogP contribution in [0, 0.1) is 0 Å². The molecule has 1 aromatic rings. The van der Waals surface area contributed by atoms with Crippen molar-refractivity contribution in [1.82, 2.24) is 9.80 Å². The van der Waals surface area contributed by atoms with E-state index in [1.165, 1.54) is 16.7 Å². The van der Waals surface area contributed by atoms with Crippen LogP contribution in [0.15, 0.2) is 47.4 Å². The van der Waals surface area contributed by atoms with Gasteiger partial charge in [-0.3, -0.25) is 14.5 Å². The van der Waals surface area contributed by atoms with Gasteiger partial charge in [0, 0.05) is 13.0 Å². The van der Waals surface area contributed by atoms with Crippen LogP contribution < -0.4 is 4.90 Å². The Morgan fingerprint density at radius 3 is 2.68 bits per heavy atom. The van der Waals surface area contributed by atoms with Gasteiger partial charge in [-0.1, -0.05) is 66.5 Å². The molecule has 148 valence electrons. The fourth-order valence-electron chi connectivity index (χ4n) is 3.20. The topological polar surface area (TPSA) is 45.1 Å². The summed E-state index contributed by atoms with van der Waals surface area (Å²) < 4.78 is 0.569. The standard InChI is InChI=1S/C21H25N3O2S2/c1-22-13-15-23(16-14-22)19(25)11-6-12-24-20(26)18(28-21(24)27)10-5-9-17-7-3-2-4-8-17/h2-5,7-10H,6,11-16H2,1H3/p+1/b9-5+,18-10-. The average Bonchev–Trinajstić information content (AvgIpc) is 2.97. The second-order valence-corrected chi connectivity index (χ2v) is 8.74. The molecule has 2 heterocycles. The van der Waals surface area contributed by atoms with E-state index in [2.05, 4.69) is 7.05 Å². The smallest absolute Gasteiger partial charge is 0.266 e. The number of hydrogen-bond donors (Lipinski definition) is 1. The zero-order valence-electron chi connectivity index (χ0n) is 16.1. The van der Waals surface area contributed by atoms with Crippen LogP contribution in [0.3, 0.4) is 0 Å². The summed E-state index contributed by atoms with van der Waals surface area (Å²) >= 11 is 6.68. The second kappa shape index (κ2) is 10.0. The molecule has 0 aliphatic carbocycles. The van der Waals surface area contributed by atoms with E-state index in [1.807, 2.05) is 53.5 Å². The van der Waals surface area contributed by atoms with Gasteiger partial charge in [-0.2, -0.15) is 0 Å². The van der Waals surface area contributed by atoms with Crippen molar-refractivity contribution in [1.29, 1.82) is 0 Å². The number of benzene rings is 1. The number of carbonyl (C=O) groups excluding carboxylic acids is 2. The fourth-order valence-corrected chi connectivity index (χ4v) is 4.46. The van der Waals surface area contributed by atoms with Crippen LogP contribution in [-0.4, -0.2) is 65.7 Å². The normalized spacial score (nSPS) is 20.0. The lowest BCUT2D eigenvalue weighted by atomic mass is 10.2. The van der Waals surface area contributed by atoms with Crippen molar-refractivity contribution >= 4 is 46.2 Å². The van der Waals surface area contributed by atoms with Crippen molar-refractivity contribution < 1.29 is 14.5 Å². The van der Waals surface area contributed by atoms with Gasteiger partial charge in [-0.05, 0) is 18.1 Å². The summed E-state index contributed by atoms with van der Waals surface area (Å²) in [7, 11) is 2.15. The summed E-state index contributed by atoms with van der Waals surface area (Å²) in [6.45, 7) is 4.14. The highest BCUT2D eigenvalue weighted by atomic mass is 32.2. The van der Waals surface area contributed by atoms with E-state index in [1.54, 1.807) is 4.90 Å². The van der Waals surface area contributed by atoms with E-state index in [-0.39, 0.29) is 11.8 Å². The first-order valence-corrected chi connectivity index (χ1v) is 10.8. The van der Waals surface area contributed by atoms with Crippen LogP contribution in [0.25, 0.3) is 6.08 Å². The van der Waals surface area contributed by atoms with E-state index in [4.69, 9.17) is 12.2 Å². The molecule has 2 aliphatic heterocycles. The summed E-state index contributed by atoms with van der Waals surface area (Å²) in [5.74, 6) is 0.114. The predicted octanol–water partition coefficient (Wildman–Crippen LogP) is 1.58. The van der Waals surface area contributed by atoms with Crippen molar-refractivity contribution in [3.63, 3.8) is 0 Å².